The van der Waals surface area contributed by atoms with Crippen LogP contribution in [0.25, 0.3) is 0 Å². The predicted molar refractivity (Wildman–Crippen MR) is 136 cm³/mol. The van der Waals surface area contributed by atoms with Crippen molar-refractivity contribution in [2.45, 2.75) is 50.9 Å². The first-order valence-electron chi connectivity index (χ1n) is 12.2. The lowest BCUT2D eigenvalue weighted by molar-refractivity contribution is -0.138. The zero-order valence-corrected chi connectivity index (χ0v) is 20.9. The molecule has 0 radical (unpaired) electrons. The summed E-state index contributed by atoms with van der Waals surface area (Å²) >= 11 is 0. The van der Waals surface area contributed by atoms with Crippen molar-refractivity contribution in [1.82, 2.24) is 15.2 Å². The summed E-state index contributed by atoms with van der Waals surface area (Å²) in [5, 5.41) is 3.09. The van der Waals surface area contributed by atoms with Gasteiger partial charge in [-0.1, -0.05) is 74.5 Å². The largest absolute Gasteiger partial charge is 0.481 e. The number of benzene rings is 2. The highest BCUT2D eigenvalue weighted by molar-refractivity contribution is 5.89. The van der Waals surface area contributed by atoms with E-state index >= 15 is 0 Å². The smallest absolute Gasteiger partial charge is 0.243 e. The number of hydrogen-bond donors (Lipinski definition) is 1. The van der Waals surface area contributed by atoms with E-state index in [9.17, 15) is 14.0 Å². The summed E-state index contributed by atoms with van der Waals surface area (Å²) in [5.41, 5.74) is 3.55. The van der Waals surface area contributed by atoms with Gasteiger partial charge < -0.3 is 15.0 Å². The van der Waals surface area contributed by atoms with Gasteiger partial charge in [0.2, 0.25) is 17.7 Å². The van der Waals surface area contributed by atoms with E-state index < -0.39 is 18.3 Å². The van der Waals surface area contributed by atoms with E-state index in [0.29, 0.717) is 17.5 Å². The average molecular weight is 490 g/mol. The minimum absolute atomic E-state index is 0.0308. The predicted octanol–water partition coefficient (Wildman–Crippen LogP) is 4.60. The molecule has 6 nitrogen and oxygen atoms in total. The summed E-state index contributed by atoms with van der Waals surface area (Å²) in [4.78, 5) is 32.2. The Balaban J connectivity index is 1.54. The van der Waals surface area contributed by atoms with E-state index in [1.165, 1.54) is 17.6 Å². The summed E-state index contributed by atoms with van der Waals surface area (Å²) in [6, 6.07) is 21.6. The number of pyridine rings is 1. The van der Waals surface area contributed by atoms with Crippen molar-refractivity contribution < 1.29 is 18.7 Å². The summed E-state index contributed by atoms with van der Waals surface area (Å²) in [7, 11) is 1.50. The van der Waals surface area contributed by atoms with Crippen LogP contribution in [0.1, 0.15) is 54.6 Å². The van der Waals surface area contributed by atoms with Crippen LogP contribution < -0.4 is 10.1 Å². The van der Waals surface area contributed by atoms with Crippen LogP contribution in [0.15, 0.2) is 72.8 Å². The number of alkyl halides is 1. The number of amides is 2. The van der Waals surface area contributed by atoms with Crippen molar-refractivity contribution in [1.29, 1.82) is 0 Å². The number of halogens is 1. The molecule has 0 bridgehead atoms. The zero-order chi connectivity index (χ0) is 25.7. The van der Waals surface area contributed by atoms with Gasteiger partial charge in [0, 0.05) is 12.5 Å². The van der Waals surface area contributed by atoms with E-state index in [2.05, 4.69) is 36.3 Å². The summed E-state index contributed by atoms with van der Waals surface area (Å²) in [6.07, 6.45) is -1.33. The number of rotatable bonds is 8. The molecular weight excluding hydrogens is 457 g/mol. The molecule has 3 atom stereocenters. The van der Waals surface area contributed by atoms with Crippen molar-refractivity contribution in [3.05, 3.63) is 95.2 Å². The first-order valence-corrected chi connectivity index (χ1v) is 12.2. The molecule has 0 spiro atoms. The normalized spacial score (nSPS) is 18.2. The molecule has 2 heterocycles. The Kier molecular flexibility index (Phi) is 7.98. The monoisotopic (exact) mass is 489 g/mol. The lowest BCUT2D eigenvalue weighted by Crippen LogP contribution is -2.47. The number of nitrogens with zero attached hydrogens (tertiary/aromatic N) is 2. The van der Waals surface area contributed by atoms with Gasteiger partial charge in [0.05, 0.1) is 31.8 Å². The van der Waals surface area contributed by atoms with Crippen LogP contribution in [0.3, 0.4) is 0 Å². The average Bonchev–Trinajstić information content (AvgIpc) is 3.30. The van der Waals surface area contributed by atoms with Gasteiger partial charge in [-0.15, -0.1) is 0 Å². The fourth-order valence-corrected chi connectivity index (χ4v) is 4.55. The van der Waals surface area contributed by atoms with Gasteiger partial charge in [0.1, 0.15) is 12.2 Å². The van der Waals surface area contributed by atoms with Crippen LogP contribution >= 0.6 is 0 Å². The first kappa shape index (κ1) is 25.4. The minimum atomic E-state index is -1.26. The molecule has 188 valence electrons. The molecule has 4 rings (SSSR count). The number of likely N-dealkylation sites (tertiary alicyclic amines) is 1. The molecule has 1 aliphatic rings. The van der Waals surface area contributed by atoms with E-state index in [0.717, 1.165) is 11.1 Å². The second kappa shape index (κ2) is 11.3. The Hall–Kier alpha value is -3.74. The Bertz CT molecular complexity index is 1180. The second-order valence-electron chi connectivity index (χ2n) is 9.42. The number of aromatic nitrogens is 1. The Morgan fingerprint density at radius 3 is 2.33 bits per heavy atom. The third-order valence-corrected chi connectivity index (χ3v) is 6.55. The van der Waals surface area contributed by atoms with Crippen LogP contribution in [0.4, 0.5) is 4.39 Å². The van der Waals surface area contributed by atoms with Crippen molar-refractivity contribution in [2.24, 2.45) is 0 Å². The third kappa shape index (κ3) is 5.90. The van der Waals surface area contributed by atoms with Gasteiger partial charge in [-0.2, -0.15) is 0 Å². The fraction of sp³-hybridized carbons (Fsp3) is 0.345. The second-order valence-corrected chi connectivity index (χ2v) is 9.42. The SMILES string of the molecule is COc1cccc(CC(=O)N2CC(F)CC2C(=O)NC(c2ccccc2)c2ccc(C(C)C)cc2)n1. The number of hydrogen-bond acceptors (Lipinski definition) is 4. The molecule has 1 saturated heterocycles. The highest BCUT2D eigenvalue weighted by atomic mass is 19.1. The van der Waals surface area contributed by atoms with Crippen LogP contribution in [0.5, 0.6) is 5.88 Å². The maximum absolute atomic E-state index is 14.5. The van der Waals surface area contributed by atoms with Crippen LogP contribution in [0, 0.1) is 0 Å². The first-order chi connectivity index (χ1) is 17.4. The van der Waals surface area contributed by atoms with Crippen LogP contribution in [-0.2, 0) is 16.0 Å². The van der Waals surface area contributed by atoms with Gasteiger partial charge in [0.15, 0.2) is 0 Å². The zero-order valence-electron chi connectivity index (χ0n) is 20.9. The maximum atomic E-state index is 14.5. The topological polar surface area (TPSA) is 71.5 Å². The van der Waals surface area contributed by atoms with E-state index in [-0.39, 0.29) is 31.2 Å². The van der Waals surface area contributed by atoms with Gasteiger partial charge in [-0.05, 0) is 28.7 Å². The van der Waals surface area contributed by atoms with Gasteiger partial charge in [-0.3, -0.25) is 9.59 Å². The van der Waals surface area contributed by atoms with Gasteiger partial charge in [-0.25, -0.2) is 9.37 Å². The Morgan fingerprint density at radius 2 is 1.67 bits per heavy atom. The summed E-state index contributed by atoms with van der Waals surface area (Å²) in [6.45, 7) is 4.15. The van der Waals surface area contributed by atoms with E-state index in [1.54, 1.807) is 18.2 Å². The molecule has 0 saturated carbocycles. The summed E-state index contributed by atoms with van der Waals surface area (Å²) < 4.78 is 19.6. The van der Waals surface area contributed by atoms with Crippen molar-refractivity contribution in [3.8, 4) is 5.88 Å². The Morgan fingerprint density at radius 1 is 1.00 bits per heavy atom. The molecule has 3 unspecified atom stereocenters. The molecule has 36 heavy (non-hydrogen) atoms. The molecule has 1 aromatic heterocycles. The minimum Gasteiger partial charge on any atom is -0.481 e. The highest BCUT2D eigenvalue weighted by Crippen LogP contribution is 2.27. The van der Waals surface area contributed by atoms with E-state index in [4.69, 9.17) is 4.74 Å². The molecule has 1 fully saturated rings. The third-order valence-electron chi connectivity index (χ3n) is 6.55. The Labute approximate surface area is 211 Å². The fourth-order valence-electron chi connectivity index (χ4n) is 4.55. The van der Waals surface area contributed by atoms with Gasteiger partial charge >= 0.3 is 0 Å². The maximum Gasteiger partial charge on any atom is 0.243 e. The van der Waals surface area contributed by atoms with E-state index in [1.807, 2.05) is 42.5 Å². The lowest BCUT2D eigenvalue weighted by atomic mass is 9.95. The van der Waals surface area contributed by atoms with Crippen LogP contribution in [-0.4, -0.2) is 47.6 Å². The number of nitrogens with one attached hydrogen (secondary N) is 1. The molecule has 2 amide bonds. The highest BCUT2D eigenvalue weighted by Gasteiger charge is 2.40. The van der Waals surface area contributed by atoms with Crippen molar-refractivity contribution in [3.63, 3.8) is 0 Å². The molecule has 1 aliphatic heterocycles. The molecule has 7 heteroatoms. The van der Waals surface area contributed by atoms with Crippen LogP contribution in [0.2, 0.25) is 0 Å². The number of ether oxygens (including phenoxy) is 1. The molecule has 3 aromatic rings. The quantitative estimate of drug-likeness (QED) is 0.502. The van der Waals surface area contributed by atoms with Gasteiger partial charge in [0.25, 0.3) is 0 Å². The molecule has 1 N–H and O–H groups in total. The number of carbonyl (C=O) groups is 2. The molecule has 2 aromatic carbocycles. The standard InChI is InChI=1S/C29H32FN3O3/c1-19(2)20-12-14-22(15-13-20)28(21-8-5-4-6-9-21)32-29(35)25-16-23(30)18-33(25)27(34)17-24-10-7-11-26(31-24)36-3/h4-15,19,23,25,28H,16-18H2,1-3H3,(H,32,35). The molecule has 0 aliphatic carbocycles. The number of carbonyl (C=O) groups excluding carboxylic acids is 2. The number of methoxy groups -OCH3 is 1. The molecular formula is C29H32FN3O3. The lowest BCUT2D eigenvalue weighted by Gasteiger charge is -2.27. The van der Waals surface area contributed by atoms with Crippen molar-refractivity contribution in [2.75, 3.05) is 13.7 Å². The van der Waals surface area contributed by atoms with Crippen molar-refractivity contribution >= 4 is 11.8 Å². The summed E-state index contributed by atoms with van der Waals surface area (Å²) in [5.74, 6) is 0.0773.